The van der Waals surface area contributed by atoms with Crippen molar-refractivity contribution >= 4 is 34.5 Å². The van der Waals surface area contributed by atoms with Crippen molar-refractivity contribution < 1.29 is 9.53 Å². The Hall–Kier alpha value is -2.81. The molecule has 2 heterocycles. The molecule has 3 rings (SSSR count). The molecular weight excluding hydrogens is 388 g/mol. The summed E-state index contributed by atoms with van der Waals surface area (Å²) in [7, 11) is 1.60. The van der Waals surface area contributed by atoms with Gasteiger partial charge in [-0.05, 0) is 36.4 Å². The van der Waals surface area contributed by atoms with Crippen LogP contribution in [0.25, 0.3) is 11.0 Å². The maximum absolute atomic E-state index is 12.3. The fourth-order valence-corrected chi connectivity index (χ4v) is 3.11. The van der Waals surface area contributed by atoms with Gasteiger partial charge in [0.25, 0.3) is 5.91 Å². The number of fused-ring (bicyclic) bond motifs is 1. The number of ether oxygens (including phenoxy) is 1. The molecule has 3 aromatic rings. The predicted molar refractivity (Wildman–Crippen MR) is 116 cm³/mol. The minimum absolute atomic E-state index is 0.136. The number of methoxy groups -OCH3 is 1. The summed E-state index contributed by atoms with van der Waals surface area (Å²) in [6.45, 7) is 6.07. The van der Waals surface area contributed by atoms with E-state index in [1.54, 1.807) is 42.3 Å². The van der Waals surface area contributed by atoms with Gasteiger partial charge in [-0.3, -0.25) is 4.79 Å². The van der Waals surface area contributed by atoms with Crippen molar-refractivity contribution in [3.63, 3.8) is 0 Å². The summed E-state index contributed by atoms with van der Waals surface area (Å²) in [5, 5.41) is 12.3. The van der Waals surface area contributed by atoms with Gasteiger partial charge in [-0.2, -0.15) is 5.10 Å². The molecule has 0 bridgehead atoms. The number of nitrogens with one attached hydrogen (secondary N) is 2. The van der Waals surface area contributed by atoms with Crippen LogP contribution in [0.4, 0.5) is 5.82 Å². The zero-order valence-corrected chi connectivity index (χ0v) is 17.9. The monoisotopic (exact) mass is 414 g/mol. The van der Waals surface area contributed by atoms with Crippen molar-refractivity contribution in [2.45, 2.75) is 25.5 Å². The normalized spacial score (nSPS) is 11.1. The molecule has 0 fully saturated rings. The number of hydrogen-bond donors (Lipinski definition) is 2. The van der Waals surface area contributed by atoms with Gasteiger partial charge in [-0.15, -0.1) is 0 Å². The molecule has 0 aliphatic carbocycles. The lowest BCUT2D eigenvalue weighted by molar-refractivity contribution is 0.0952. The van der Waals surface area contributed by atoms with Crippen molar-refractivity contribution in [3.8, 4) is 5.75 Å². The molecule has 8 nitrogen and oxygen atoms in total. The van der Waals surface area contributed by atoms with Gasteiger partial charge >= 0.3 is 0 Å². The van der Waals surface area contributed by atoms with E-state index in [9.17, 15) is 4.79 Å². The van der Waals surface area contributed by atoms with E-state index in [1.165, 1.54) is 11.8 Å². The van der Waals surface area contributed by atoms with Crippen LogP contribution < -0.4 is 15.4 Å². The number of hydrogen-bond acceptors (Lipinski definition) is 7. The Balaban J connectivity index is 1.69. The van der Waals surface area contributed by atoms with E-state index in [-0.39, 0.29) is 5.91 Å². The van der Waals surface area contributed by atoms with Crippen LogP contribution in [0, 0.1) is 5.92 Å². The molecule has 0 aliphatic rings. The minimum Gasteiger partial charge on any atom is -0.497 e. The average molecular weight is 415 g/mol. The number of carbonyl (C=O) groups excluding carboxylic acids is 1. The summed E-state index contributed by atoms with van der Waals surface area (Å²) in [4.78, 5) is 21.5. The zero-order valence-electron chi connectivity index (χ0n) is 17.1. The molecule has 9 heteroatoms. The number of thioether (sulfide) groups is 1. The fourth-order valence-electron chi connectivity index (χ4n) is 2.75. The third kappa shape index (κ3) is 5.17. The first-order chi connectivity index (χ1) is 14.0. The number of benzene rings is 1. The Labute approximate surface area is 174 Å². The van der Waals surface area contributed by atoms with Crippen LogP contribution in [0.3, 0.4) is 0 Å². The van der Waals surface area contributed by atoms with E-state index in [0.717, 1.165) is 29.1 Å². The second kappa shape index (κ2) is 9.60. The van der Waals surface area contributed by atoms with Crippen molar-refractivity contribution in [3.05, 3.63) is 36.0 Å². The number of aromatic nitrogens is 4. The lowest BCUT2D eigenvalue weighted by atomic mass is 10.2. The smallest absolute Gasteiger partial charge is 0.251 e. The van der Waals surface area contributed by atoms with Crippen LogP contribution >= 0.6 is 11.8 Å². The Morgan fingerprint density at radius 2 is 2.00 bits per heavy atom. The van der Waals surface area contributed by atoms with E-state index >= 15 is 0 Å². The molecule has 1 aromatic carbocycles. The van der Waals surface area contributed by atoms with Gasteiger partial charge < -0.3 is 15.4 Å². The second-order valence-electron chi connectivity index (χ2n) is 6.92. The molecule has 2 aromatic heterocycles. The maximum Gasteiger partial charge on any atom is 0.251 e. The van der Waals surface area contributed by atoms with Gasteiger partial charge in [0.05, 0.1) is 25.2 Å². The van der Waals surface area contributed by atoms with E-state index in [1.807, 2.05) is 6.26 Å². The average Bonchev–Trinajstić information content (AvgIpc) is 3.14. The summed E-state index contributed by atoms with van der Waals surface area (Å²) < 4.78 is 6.91. The van der Waals surface area contributed by atoms with Gasteiger partial charge in [0.15, 0.2) is 10.8 Å². The molecule has 0 atom stereocenters. The summed E-state index contributed by atoms with van der Waals surface area (Å²) in [6.07, 6.45) is 3.72. The predicted octanol–water partition coefficient (Wildman–Crippen LogP) is 3.05. The van der Waals surface area contributed by atoms with Gasteiger partial charge in [-0.1, -0.05) is 25.6 Å². The highest BCUT2D eigenvalue weighted by molar-refractivity contribution is 7.98. The highest BCUT2D eigenvalue weighted by atomic mass is 32.2. The molecule has 29 heavy (non-hydrogen) atoms. The topological polar surface area (TPSA) is 94.0 Å². The van der Waals surface area contributed by atoms with Crippen LogP contribution in [0.5, 0.6) is 5.75 Å². The summed E-state index contributed by atoms with van der Waals surface area (Å²) >= 11 is 1.49. The highest BCUT2D eigenvalue weighted by Gasteiger charge is 2.13. The van der Waals surface area contributed by atoms with Crippen LogP contribution in [0.1, 0.15) is 24.2 Å². The number of carbonyl (C=O) groups is 1. The Bertz CT molecular complexity index is 971. The lowest BCUT2D eigenvalue weighted by Gasteiger charge is -2.11. The van der Waals surface area contributed by atoms with Crippen LogP contribution in [-0.4, -0.2) is 52.1 Å². The standard InChI is InChI=1S/C20H26N6O2S/c1-13(2)11-22-17-16-12-23-26(18(16)25-20(24-17)29-4)10-9-21-19(27)14-5-7-15(28-3)8-6-14/h5-8,12-13H,9-11H2,1-4H3,(H,21,27)(H,22,24,25). The summed E-state index contributed by atoms with van der Waals surface area (Å²) in [5.41, 5.74) is 1.34. The van der Waals surface area contributed by atoms with Gasteiger partial charge in [0.2, 0.25) is 0 Å². The largest absolute Gasteiger partial charge is 0.497 e. The Kier molecular flexibility index (Phi) is 6.92. The summed E-state index contributed by atoms with van der Waals surface area (Å²) in [5.74, 6) is 1.88. The molecule has 0 unspecified atom stereocenters. The molecule has 0 radical (unpaired) electrons. The molecule has 0 saturated heterocycles. The van der Waals surface area contributed by atoms with Gasteiger partial charge in [-0.25, -0.2) is 14.6 Å². The molecule has 0 aliphatic heterocycles. The fraction of sp³-hybridized carbons (Fsp3) is 0.400. The van der Waals surface area contributed by atoms with Crippen molar-refractivity contribution in [1.82, 2.24) is 25.1 Å². The third-order valence-corrected chi connectivity index (χ3v) is 4.85. The number of amides is 1. The molecular formula is C20H26N6O2S. The highest BCUT2D eigenvalue weighted by Crippen LogP contribution is 2.23. The number of rotatable bonds is 9. The van der Waals surface area contributed by atoms with Crippen molar-refractivity contribution in [2.75, 3.05) is 31.8 Å². The number of anilines is 1. The molecule has 0 spiro atoms. The zero-order chi connectivity index (χ0) is 20.8. The first kappa shape index (κ1) is 20.9. The van der Waals surface area contributed by atoms with Crippen molar-refractivity contribution in [1.29, 1.82) is 0 Å². The Morgan fingerprint density at radius 3 is 2.66 bits per heavy atom. The van der Waals surface area contributed by atoms with E-state index < -0.39 is 0 Å². The molecule has 1 amide bonds. The van der Waals surface area contributed by atoms with E-state index in [2.05, 4.69) is 39.5 Å². The number of nitrogens with zero attached hydrogens (tertiary/aromatic N) is 4. The third-order valence-electron chi connectivity index (χ3n) is 4.30. The van der Waals surface area contributed by atoms with Crippen LogP contribution in [-0.2, 0) is 6.54 Å². The second-order valence-corrected chi connectivity index (χ2v) is 7.70. The quantitative estimate of drug-likeness (QED) is 0.410. The molecule has 0 saturated carbocycles. The maximum atomic E-state index is 12.3. The van der Waals surface area contributed by atoms with Crippen molar-refractivity contribution in [2.24, 2.45) is 5.92 Å². The first-order valence-electron chi connectivity index (χ1n) is 9.45. The van der Waals surface area contributed by atoms with Gasteiger partial charge in [0, 0.05) is 18.7 Å². The van der Waals surface area contributed by atoms with Gasteiger partial charge in [0.1, 0.15) is 11.6 Å². The Morgan fingerprint density at radius 1 is 1.24 bits per heavy atom. The lowest BCUT2D eigenvalue weighted by Crippen LogP contribution is -2.27. The first-order valence-corrected chi connectivity index (χ1v) is 10.7. The van der Waals surface area contributed by atoms with E-state index in [4.69, 9.17) is 4.74 Å². The molecule has 154 valence electrons. The summed E-state index contributed by atoms with van der Waals surface area (Å²) in [6, 6.07) is 7.01. The van der Waals surface area contributed by atoms with Crippen LogP contribution in [0.2, 0.25) is 0 Å². The van der Waals surface area contributed by atoms with E-state index in [0.29, 0.717) is 29.7 Å². The SMILES string of the molecule is COc1ccc(C(=O)NCCn2ncc3c(NCC(C)C)nc(SC)nc32)cc1. The molecule has 2 N–H and O–H groups in total. The van der Waals surface area contributed by atoms with Crippen LogP contribution in [0.15, 0.2) is 35.6 Å². The minimum atomic E-state index is -0.136.